The Morgan fingerprint density at radius 3 is 1.89 bits per heavy atom. The highest BCUT2D eigenvalue weighted by atomic mass is 15.2. The smallest absolute Gasteiger partial charge is 0.00954 e. The zero-order valence-corrected chi connectivity index (χ0v) is 13.5. The van der Waals surface area contributed by atoms with Gasteiger partial charge in [-0.2, -0.15) is 0 Å². The summed E-state index contributed by atoms with van der Waals surface area (Å²) in [5, 5.41) is 0. The first-order valence-corrected chi connectivity index (χ1v) is 8.37. The lowest BCUT2D eigenvalue weighted by Gasteiger charge is -2.44. The highest BCUT2D eigenvalue weighted by Gasteiger charge is 2.33. The van der Waals surface area contributed by atoms with Gasteiger partial charge in [-0.25, -0.2) is 0 Å². The van der Waals surface area contributed by atoms with Crippen molar-refractivity contribution in [2.45, 2.75) is 78.3 Å². The summed E-state index contributed by atoms with van der Waals surface area (Å²) in [5.74, 6) is 1.70. The molecule has 2 aliphatic rings. The Kier molecular flexibility index (Phi) is 4.94. The van der Waals surface area contributed by atoms with E-state index in [9.17, 15) is 0 Å². The predicted molar refractivity (Wildman–Crippen MR) is 83.1 cm³/mol. The molecule has 1 atom stereocenters. The molecule has 0 amide bonds. The van der Waals surface area contributed by atoms with E-state index in [1.54, 1.807) is 0 Å². The van der Waals surface area contributed by atoms with Gasteiger partial charge >= 0.3 is 0 Å². The van der Waals surface area contributed by atoms with Crippen LogP contribution in [0.5, 0.6) is 0 Å². The van der Waals surface area contributed by atoms with Gasteiger partial charge in [-0.1, -0.05) is 20.8 Å². The second-order valence-corrected chi connectivity index (χ2v) is 8.10. The molecule has 19 heavy (non-hydrogen) atoms. The van der Waals surface area contributed by atoms with Crippen LogP contribution in [0.25, 0.3) is 0 Å². The predicted octanol–water partition coefficient (Wildman–Crippen LogP) is 3.65. The minimum atomic E-state index is 0.388. The Hall–Kier alpha value is -0.0800. The minimum absolute atomic E-state index is 0.388. The van der Waals surface area contributed by atoms with Crippen molar-refractivity contribution in [1.29, 1.82) is 0 Å². The minimum Gasteiger partial charge on any atom is -0.328 e. The van der Waals surface area contributed by atoms with Crippen molar-refractivity contribution in [2.75, 3.05) is 13.1 Å². The zero-order chi connectivity index (χ0) is 14.0. The molecule has 1 aliphatic heterocycles. The van der Waals surface area contributed by atoms with Gasteiger partial charge in [0.1, 0.15) is 0 Å². The Morgan fingerprint density at radius 1 is 0.947 bits per heavy atom. The number of piperidine rings is 1. The molecule has 1 unspecified atom stereocenters. The molecule has 112 valence electrons. The van der Waals surface area contributed by atoms with E-state index in [0.29, 0.717) is 11.5 Å². The average Bonchev–Trinajstić information content (AvgIpc) is 2.38. The third-order valence-corrected chi connectivity index (χ3v) is 5.76. The maximum atomic E-state index is 6.04. The first-order valence-electron chi connectivity index (χ1n) is 8.37. The molecule has 2 nitrogen and oxygen atoms in total. The Balaban J connectivity index is 1.77. The van der Waals surface area contributed by atoms with Crippen LogP contribution in [0.2, 0.25) is 0 Å². The van der Waals surface area contributed by atoms with Gasteiger partial charge in [-0.05, 0) is 75.8 Å². The summed E-state index contributed by atoms with van der Waals surface area (Å²) in [6.45, 7) is 12.0. The van der Waals surface area contributed by atoms with E-state index in [4.69, 9.17) is 5.73 Å². The second kappa shape index (κ2) is 6.13. The summed E-state index contributed by atoms with van der Waals surface area (Å²) in [7, 11) is 0. The van der Waals surface area contributed by atoms with Gasteiger partial charge in [-0.3, -0.25) is 0 Å². The summed E-state index contributed by atoms with van der Waals surface area (Å²) < 4.78 is 0. The van der Waals surface area contributed by atoms with E-state index >= 15 is 0 Å². The topological polar surface area (TPSA) is 29.3 Å². The average molecular weight is 266 g/mol. The van der Waals surface area contributed by atoms with Crippen molar-refractivity contribution in [3.63, 3.8) is 0 Å². The van der Waals surface area contributed by atoms with Crippen molar-refractivity contribution in [1.82, 2.24) is 4.90 Å². The summed E-state index contributed by atoms with van der Waals surface area (Å²) in [4.78, 5) is 2.76. The zero-order valence-electron chi connectivity index (χ0n) is 13.5. The van der Waals surface area contributed by atoms with Crippen LogP contribution < -0.4 is 5.73 Å². The van der Waals surface area contributed by atoms with Gasteiger partial charge in [0.15, 0.2) is 0 Å². The Labute approximate surface area is 120 Å². The molecule has 2 rings (SSSR count). The largest absolute Gasteiger partial charge is 0.328 e. The molecule has 2 N–H and O–H groups in total. The van der Waals surface area contributed by atoms with E-state index in [-0.39, 0.29) is 0 Å². The molecule has 2 heteroatoms. The molecule has 0 bridgehead atoms. The fourth-order valence-corrected chi connectivity index (χ4v) is 4.12. The van der Waals surface area contributed by atoms with Gasteiger partial charge in [0.05, 0.1) is 0 Å². The molecule has 0 aromatic rings. The van der Waals surface area contributed by atoms with Crippen LogP contribution in [-0.2, 0) is 0 Å². The number of hydrogen-bond donors (Lipinski definition) is 1. The quantitative estimate of drug-likeness (QED) is 0.826. The standard InChI is InChI=1S/C17H34N2/c1-13(18)14-9-11-19(12-10-14)16-7-5-15(6-8-16)17(2,3)4/h13-16H,5-12,18H2,1-4H3. The van der Waals surface area contributed by atoms with E-state index in [1.165, 1.54) is 51.6 Å². The Morgan fingerprint density at radius 2 is 1.47 bits per heavy atom. The number of likely N-dealkylation sites (tertiary alicyclic amines) is 1. The lowest BCUT2D eigenvalue weighted by atomic mass is 9.71. The lowest BCUT2D eigenvalue weighted by molar-refractivity contribution is 0.0673. The number of nitrogens with two attached hydrogens (primary N) is 1. The number of nitrogens with zero attached hydrogens (tertiary/aromatic N) is 1. The molecular weight excluding hydrogens is 232 g/mol. The van der Waals surface area contributed by atoms with Crippen LogP contribution in [0.4, 0.5) is 0 Å². The monoisotopic (exact) mass is 266 g/mol. The first kappa shape index (κ1) is 15.3. The van der Waals surface area contributed by atoms with Crippen LogP contribution >= 0.6 is 0 Å². The fourth-order valence-electron chi connectivity index (χ4n) is 4.12. The third-order valence-electron chi connectivity index (χ3n) is 5.76. The molecule has 2 fully saturated rings. The van der Waals surface area contributed by atoms with E-state index in [2.05, 4.69) is 32.6 Å². The molecule has 0 aromatic heterocycles. The maximum Gasteiger partial charge on any atom is 0.00954 e. The SMILES string of the molecule is CC(N)C1CCN(C2CCC(C(C)(C)C)CC2)CC1. The van der Waals surface area contributed by atoms with E-state index in [0.717, 1.165) is 17.9 Å². The van der Waals surface area contributed by atoms with Crippen LogP contribution in [0.1, 0.15) is 66.2 Å². The normalized spacial score (nSPS) is 33.3. The molecule has 0 radical (unpaired) electrons. The molecule has 1 heterocycles. The Bertz CT molecular complexity index is 263. The third kappa shape index (κ3) is 3.95. The highest BCUT2D eigenvalue weighted by Crippen LogP contribution is 2.39. The summed E-state index contributed by atoms with van der Waals surface area (Å²) in [5.41, 5.74) is 6.55. The maximum absolute atomic E-state index is 6.04. The van der Waals surface area contributed by atoms with Crippen molar-refractivity contribution in [3.8, 4) is 0 Å². The van der Waals surface area contributed by atoms with Gasteiger partial charge in [0, 0.05) is 12.1 Å². The van der Waals surface area contributed by atoms with Gasteiger partial charge in [0.2, 0.25) is 0 Å². The summed E-state index contributed by atoms with van der Waals surface area (Å²) in [6.07, 6.45) is 8.34. The first-order chi connectivity index (χ1) is 8.88. The summed E-state index contributed by atoms with van der Waals surface area (Å²) in [6, 6.07) is 1.26. The van der Waals surface area contributed by atoms with Gasteiger partial charge in [-0.15, -0.1) is 0 Å². The van der Waals surface area contributed by atoms with Crippen molar-refractivity contribution >= 4 is 0 Å². The number of rotatable bonds is 2. The molecule has 0 spiro atoms. The van der Waals surface area contributed by atoms with Crippen LogP contribution in [-0.4, -0.2) is 30.1 Å². The van der Waals surface area contributed by atoms with Gasteiger partial charge in [0.25, 0.3) is 0 Å². The van der Waals surface area contributed by atoms with E-state index in [1.807, 2.05) is 0 Å². The summed E-state index contributed by atoms with van der Waals surface area (Å²) >= 11 is 0. The van der Waals surface area contributed by atoms with Crippen molar-refractivity contribution in [3.05, 3.63) is 0 Å². The molecule has 0 aromatic carbocycles. The van der Waals surface area contributed by atoms with E-state index < -0.39 is 0 Å². The van der Waals surface area contributed by atoms with Crippen LogP contribution in [0, 0.1) is 17.3 Å². The van der Waals surface area contributed by atoms with Crippen LogP contribution in [0.15, 0.2) is 0 Å². The highest BCUT2D eigenvalue weighted by molar-refractivity contribution is 4.87. The van der Waals surface area contributed by atoms with Crippen molar-refractivity contribution < 1.29 is 0 Å². The number of hydrogen-bond acceptors (Lipinski definition) is 2. The molecule has 1 aliphatic carbocycles. The molecule has 1 saturated carbocycles. The fraction of sp³-hybridized carbons (Fsp3) is 1.00. The van der Waals surface area contributed by atoms with Crippen LogP contribution in [0.3, 0.4) is 0 Å². The second-order valence-electron chi connectivity index (χ2n) is 8.10. The van der Waals surface area contributed by atoms with Crippen molar-refractivity contribution in [2.24, 2.45) is 23.0 Å². The lowest BCUT2D eigenvalue weighted by Crippen LogP contribution is -2.46. The molecular formula is C17H34N2. The van der Waals surface area contributed by atoms with Gasteiger partial charge < -0.3 is 10.6 Å². The molecule has 1 saturated heterocycles.